The molecule has 18 N–H and O–H groups in total. The van der Waals surface area contributed by atoms with E-state index in [0.29, 0.717) is 23.0 Å². The molecule has 0 heterocycles. The van der Waals surface area contributed by atoms with Gasteiger partial charge in [0, 0.05) is 11.1 Å². The van der Waals surface area contributed by atoms with Crippen molar-refractivity contribution in [2.45, 2.75) is 183 Å². The first-order valence-electron chi connectivity index (χ1n) is 22.4. The van der Waals surface area contributed by atoms with Crippen LogP contribution in [-0.2, 0) is 34.1 Å². The van der Waals surface area contributed by atoms with Crippen LogP contribution in [-0.4, -0.2) is 72.2 Å². The summed E-state index contributed by atoms with van der Waals surface area (Å²) in [6, 6.07) is 14.7. The largest absolute Gasteiger partial charge is 2.00 e. The van der Waals surface area contributed by atoms with E-state index in [1.807, 2.05) is 107 Å². The van der Waals surface area contributed by atoms with E-state index >= 15 is 0 Å². The topological polar surface area (TPSA) is 313 Å². The normalized spacial score (nSPS) is 11.1. The number of aromatic hydroxyl groups is 4. The molecule has 0 aliphatic heterocycles. The molecule has 68 heavy (non-hydrogen) atoms. The first kappa shape index (κ1) is 71.3. The standard InChI is InChI=1S/4C13H20O3.2Cu.2H2O/c4*1-7(2)9-5-10(8(3)4)12(14)11(6-9)13(15)16;;;;/h4*5-8,13-16H,1-4H3;;;2*1H2/q;;;;2*+2;;/p+2. The van der Waals surface area contributed by atoms with Gasteiger partial charge in [-0.05, 0) is 116 Å². The average molecular weight is 1060 g/mol. The van der Waals surface area contributed by atoms with Gasteiger partial charge >= 0.3 is 46.7 Å². The van der Waals surface area contributed by atoms with Crippen LogP contribution in [0.3, 0.4) is 0 Å². The van der Waals surface area contributed by atoms with E-state index in [2.05, 4.69) is 27.7 Å². The quantitative estimate of drug-likeness (QED) is 0.0378. The van der Waals surface area contributed by atoms with Crippen molar-refractivity contribution in [2.24, 2.45) is 0 Å². The fourth-order valence-corrected chi connectivity index (χ4v) is 6.74. The first-order chi connectivity index (χ1) is 29.4. The van der Waals surface area contributed by atoms with Crippen molar-refractivity contribution in [1.82, 2.24) is 0 Å². The van der Waals surface area contributed by atoms with Gasteiger partial charge in [0.25, 0.3) is 0 Å². The van der Waals surface area contributed by atoms with Crippen LogP contribution in [0.1, 0.15) is 250 Å². The summed E-state index contributed by atoms with van der Waals surface area (Å²) in [5.74, 6) is 2.20. The van der Waals surface area contributed by atoms with Crippen LogP contribution in [0, 0.1) is 0 Å². The van der Waals surface area contributed by atoms with E-state index in [0.717, 1.165) is 44.5 Å². The molecule has 0 aromatic heterocycles. The molecule has 0 atom stereocenters. The molecule has 4 aromatic carbocycles. The molecular formula is C52H86Cu2O14+6. The second-order valence-corrected chi connectivity index (χ2v) is 19.0. The molecule has 0 aliphatic carbocycles. The number of phenolic OH excluding ortho intramolecular Hbond substituents is 4. The second-order valence-electron chi connectivity index (χ2n) is 19.0. The zero-order chi connectivity index (χ0) is 49.8. The number of benzene rings is 4. The number of aliphatic hydroxyl groups is 4. The summed E-state index contributed by atoms with van der Waals surface area (Å²) in [4.78, 5) is 0. The number of rotatable bonds is 12. The van der Waals surface area contributed by atoms with Gasteiger partial charge in [-0.15, -0.1) is 0 Å². The van der Waals surface area contributed by atoms with Crippen molar-refractivity contribution in [3.05, 3.63) is 115 Å². The number of phenols is 4. The van der Waals surface area contributed by atoms with E-state index in [4.69, 9.17) is 20.4 Å². The van der Waals surface area contributed by atoms with Crippen molar-refractivity contribution >= 4 is 0 Å². The third-order valence-electron chi connectivity index (χ3n) is 11.1. The van der Waals surface area contributed by atoms with Crippen molar-refractivity contribution in [1.29, 1.82) is 0 Å². The van der Waals surface area contributed by atoms with E-state index in [1.54, 1.807) is 24.3 Å². The summed E-state index contributed by atoms with van der Waals surface area (Å²) in [6.07, 6.45) is -5.51. The molecule has 16 heteroatoms. The summed E-state index contributed by atoms with van der Waals surface area (Å²) in [7, 11) is 0. The average Bonchev–Trinajstić information content (AvgIpc) is 3.17. The Morgan fingerprint density at radius 1 is 0.279 bits per heavy atom. The third kappa shape index (κ3) is 20.2. The van der Waals surface area contributed by atoms with Gasteiger partial charge < -0.3 is 72.2 Å². The van der Waals surface area contributed by atoms with Gasteiger partial charge in [-0.25, -0.2) is 0 Å². The fourth-order valence-electron chi connectivity index (χ4n) is 6.74. The first-order valence-corrected chi connectivity index (χ1v) is 22.4. The molecule has 2 radical (unpaired) electrons. The van der Waals surface area contributed by atoms with Crippen molar-refractivity contribution in [3.63, 3.8) is 0 Å². The smallest absolute Gasteiger partial charge is 0.870 e. The van der Waals surface area contributed by atoms with Gasteiger partial charge in [0.1, 0.15) is 23.0 Å². The summed E-state index contributed by atoms with van der Waals surface area (Å²) >= 11 is 0. The van der Waals surface area contributed by atoms with Crippen LogP contribution in [0.2, 0.25) is 0 Å². The molecule has 0 spiro atoms. The van der Waals surface area contributed by atoms with Gasteiger partial charge in [-0.3, -0.25) is 0 Å². The minimum Gasteiger partial charge on any atom is -0.870 e. The Hall–Kier alpha value is -3.28. The minimum absolute atomic E-state index is 0. The van der Waals surface area contributed by atoms with Crippen LogP contribution in [0.4, 0.5) is 0 Å². The van der Waals surface area contributed by atoms with Crippen LogP contribution in [0.5, 0.6) is 23.0 Å². The van der Waals surface area contributed by atoms with E-state index in [-0.39, 0.29) is 115 Å². The second kappa shape index (κ2) is 31.8. The predicted octanol–water partition coefficient (Wildman–Crippen LogP) is 9.06. The molecule has 0 bridgehead atoms. The molecular weight excluding hydrogens is 976 g/mol. The third-order valence-corrected chi connectivity index (χ3v) is 11.1. The van der Waals surface area contributed by atoms with Crippen molar-refractivity contribution in [3.8, 4) is 23.0 Å². The van der Waals surface area contributed by atoms with Crippen molar-refractivity contribution < 1.29 is 106 Å². The molecule has 394 valence electrons. The molecule has 0 amide bonds. The van der Waals surface area contributed by atoms with Crippen LogP contribution < -0.4 is 0 Å². The number of hydrogen-bond donors (Lipinski definition) is 8. The molecule has 14 nitrogen and oxygen atoms in total. The Morgan fingerprint density at radius 3 is 0.559 bits per heavy atom. The van der Waals surface area contributed by atoms with Crippen LogP contribution >= 0.6 is 0 Å². The zero-order valence-corrected chi connectivity index (χ0v) is 44.5. The molecule has 4 rings (SSSR count). The maximum absolute atomic E-state index is 10.00. The molecule has 0 fully saturated rings. The van der Waals surface area contributed by atoms with Crippen LogP contribution in [0.25, 0.3) is 0 Å². The van der Waals surface area contributed by atoms with E-state index in [9.17, 15) is 40.9 Å². The van der Waals surface area contributed by atoms with Gasteiger partial charge in [0.05, 0.1) is 0 Å². The van der Waals surface area contributed by atoms with Crippen molar-refractivity contribution in [2.75, 3.05) is 0 Å². The predicted molar refractivity (Wildman–Crippen MR) is 263 cm³/mol. The monoisotopic (exact) mass is 1060 g/mol. The summed E-state index contributed by atoms with van der Waals surface area (Å²) in [5, 5.41) is 106. The number of hydrogen-bond acceptors (Lipinski definition) is 10. The zero-order valence-electron chi connectivity index (χ0n) is 42.6. The molecule has 0 unspecified atom stereocenters. The Morgan fingerprint density at radius 2 is 0.426 bits per heavy atom. The number of aliphatic hydroxyl groups excluding tert-OH is 2. The molecule has 4 aromatic rings. The van der Waals surface area contributed by atoms with Gasteiger partial charge in [-0.1, -0.05) is 135 Å². The Kier molecular flexibility index (Phi) is 33.4. The maximum atomic E-state index is 10.00. The Labute approximate surface area is 426 Å². The molecule has 0 aliphatic rings. The van der Waals surface area contributed by atoms with Gasteiger partial charge in [0.2, 0.25) is 0 Å². The molecule has 0 saturated carbocycles. The summed E-state index contributed by atoms with van der Waals surface area (Å²) in [5.41, 5.74) is 8.57. The summed E-state index contributed by atoms with van der Waals surface area (Å²) < 4.78 is 0. The Balaban J connectivity index is -0.000000394. The van der Waals surface area contributed by atoms with E-state index < -0.39 is 25.2 Å². The minimum atomic E-state index is -1.63. The SMILES string of the molecule is CC(C)c1cc(C(C)C)c(O)c(C(O)O)c1.CC(C)c1cc(C(C)C)c(O)c(C(O)O)c1.CC(C)c1cc(C(C)C)c(O)c(C([OH2+])[OH2+])c1.CC(C)c1cc(C(C)C)c(O)c(C([OH2+])[OH2+])c1.[Cu+2].[Cu+2].[OH-].[OH-]. The van der Waals surface area contributed by atoms with Gasteiger partial charge in [-0.2, -0.15) is 0 Å². The summed E-state index contributed by atoms with van der Waals surface area (Å²) in [6.45, 7) is 32.3. The fraction of sp³-hybridized carbons (Fsp3) is 0.538. The van der Waals surface area contributed by atoms with Gasteiger partial charge in [0.15, 0.2) is 23.7 Å². The van der Waals surface area contributed by atoms with Crippen LogP contribution in [0.15, 0.2) is 48.5 Å². The van der Waals surface area contributed by atoms with E-state index in [1.165, 1.54) is 0 Å². The maximum Gasteiger partial charge on any atom is 2.00 e. The molecule has 0 saturated heterocycles. The Bertz CT molecular complexity index is 1670.